The molecule has 1 saturated carbocycles. The van der Waals surface area contributed by atoms with Gasteiger partial charge in [0.2, 0.25) is 0 Å². The summed E-state index contributed by atoms with van der Waals surface area (Å²) in [4.78, 5) is 3.36. The normalized spacial score (nSPS) is 12.8. The van der Waals surface area contributed by atoms with Crippen molar-refractivity contribution >= 4 is 23.1 Å². The lowest BCUT2D eigenvalue weighted by Gasteiger charge is -2.04. The number of rotatable bonds is 4. The molecule has 5 heteroatoms. The van der Waals surface area contributed by atoms with Crippen LogP contribution in [0.1, 0.15) is 24.0 Å². The quantitative estimate of drug-likeness (QED) is 0.449. The zero-order chi connectivity index (χ0) is 16.9. The lowest BCUT2D eigenvalue weighted by atomic mass is 10.1. The predicted octanol–water partition coefficient (Wildman–Crippen LogP) is 4.89. The molecule has 0 bridgehead atoms. The SMILES string of the molecule is Fc1cc(C#Cc2ccc(OCC3CC3)cc2)cc(F)c1N=C=S. The highest BCUT2D eigenvalue weighted by molar-refractivity contribution is 7.78. The second-order valence-electron chi connectivity index (χ2n) is 5.52. The molecule has 1 fully saturated rings. The van der Waals surface area contributed by atoms with Gasteiger partial charge >= 0.3 is 0 Å². The van der Waals surface area contributed by atoms with Gasteiger partial charge in [0.05, 0.1) is 11.8 Å². The van der Waals surface area contributed by atoms with Crippen LogP contribution < -0.4 is 4.74 Å². The van der Waals surface area contributed by atoms with Crippen LogP contribution in [0.2, 0.25) is 0 Å². The number of ether oxygens (including phenoxy) is 1. The highest BCUT2D eigenvalue weighted by Crippen LogP contribution is 2.29. The molecule has 0 atom stereocenters. The molecule has 2 aromatic carbocycles. The van der Waals surface area contributed by atoms with E-state index >= 15 is 0 Å². The summed E-state index contributed by atoms with van der Waals surface area (Å²) in [7, 11) is 0. The Morgan fingerprint density at radius 2 is 1.67 bits per heavy atom. The topological polar surface area (TPSA) is 21.6 Å². The summed E-state index contributed by atoms with van der Waals surface area (Å²) in [6, 6.07) is 9.54. The maximum absolute atomic E-state index is 13.7. The molecule has 0 unspecified atom stereocenters. The van der Waals surface area contributed by atoms with Crippen molar-refractivity contribution in [3.8, 4) is 17.6 Å². The van der Waals surface area contributed by atoms with Gasteiger partial charge in [-0.1, -0.05) is 11.8 Å². The van der Waals surface area contributed by atoms with E-state index < -0.39 is 17.3 Å². The second kappa shape index (κ2) is 7.35. The highest BCUT2D eigenvalue weighted by Gasteiger charge is 2.21. The summed E-state index contributed by atoms with van der Waals surface area (Å²) in [6.45, 7) is 0.750. The van der Waals surface area contributed by atoms with Crippen LogP contribution in [0.15, 0.2) is 41.4 Å². The first kappa shape index (κ1) is 16.3. The molecule has 0 saturated heterocycles. The average Bonchev–Trinajstić information content (AvgIpc) is 3.40. The Morgan fingerprint density at radius 1 is 1.04 bits per heavy atom. The van der Waals surface area contributed by atoms with Crippen LogP contribution in [-0.4, -0.2) is 11.8 Å². The molecule has 0 heterocycles. The van der Waals surface area contributed by atoms with E-state index in [4.69, 9.17) is 4.74 Å². The summed E-state index contributed by atoms with van der Waals surface area (Å²) in [6.07, 6.45) is 2.48. The first-order valence-electron chi connectivity index (χ1n) is 7.47. The fourth-order valence-corrected chi connectivity index (χ4v) is 2.16. The molecule has 1 aliphatic rings. The molecule has 1 aliphatic carbocycles. The lowest BCUT2D eigenvalue weighted by molar-refractivity contribution is 0.300. The van der Waals surface area contributed by atoms with Gasteiger partial charge < -0.3 is 4.74 Å². The van der Waals surface area contributed by atoms with E-state index in [0.717, 1.165) is 30.1 Å². The molecule has 0 radical (unpaired) electrons. The number of nitrogens with zero attached hydrogens (tertiary/aromatic N) is 1. The molecule has 0 spiro atoms. The maximum atomic E-state index is 13.7. The summed E-state index contributed by atoms with van der Waals surface area (Å²) >= 11 is 4.36. The van der Waals surface area contributed by atoms with Crippen molar-refractivity contribution in [1.29, 1.82) is 0 Å². The average molecular weight is 341 g/mol. The predicted molar refractivity (Wildman–Crippen MR) is 91.7 cm³/mol. The minimum Gasteiger partial charge on any atom is -0.493 e. The number of halogens is 2. The van der Waals surface area contributed by atoms with Crippen LogP contribution in [0.3, 0.4) is 0 Å². The van der Waals surface area contributed by atoms with E-state index in [1.807, 2.05) is 29.4 Å². The summed E-state index contributed by atoms with van der Waals surface area (Å²) in [5.41, 5.74) is 0.505. The standard InChI is InChI=1S/C19H13F2NOS/c20-17-9-15(10-18(21)19(17)22-12-24)4-1-13-5-7-16(8-6-13)23-11-14-2-3-14/h5-10,14H,2-3,11H2. The lowest BCUT2D eigenvalue weighted by Crippen LogP contribution is -1.98. The zero-order valence-electron chi connectivity index (χ0n) is 12.7. The van der Waals surface area contributed by atoms with Gasteiger partial charge in [0.25, 0.3) is 0 Å². The number of isothiocyanates is 1. The molecule has 3 rings (SSSR count). The minimum atomic E-state index is -0.819. The Hall–Kier alpha value is -2.54. The van der Waals surface area contributed by atoms with Gasteiger partial charge in [-0.15, -0.1) is 0 Å². The van der Waals surface area contributed by atoms with E-state index in [2.05, 4.69) is 29.1 Å². The van der Waals surface area contributed by atoms with Gasteiger partial charge in [-0.25, -0.2) is 8.78 Å². The Morgan fingerprint density at radius 3 is 2.25 bits per heavy atom. The van der Waals surface area contributed by atoms with Gasteiger partial charge in [0.1, 0.15) is 11.4 Å². The molecule has 120 valence electrons. The van der Waals surface area contributed by atoms with Crippen molar-refractivity contribution in [3.05, 3.63) is 59.2 Å². The Balaban J connectivity index is 1.73. The van der Waals surface area contributed by atoms with Crippen molar-refractivity contribution < 1.29 is 13.5 Å². The van der Waals surface area contributed by atoms with E-state index in [1.54, 1.807) is 0 Å². The highest BCUT2D eigenvalue weighted by atomic mass is 32.1. The maximum Gasteiger partial charge on any atom is 0.153 e. The fraction of sp³-hybridized carbons (Fsp3) is 0.211. The first-order chi connectivity index (χ1) is 11.7. The fourth-order valence-electron chi connectivity index (χ4n) is 2.07. The second-order valence-corrected chi connectivity index (χ2v) is 5.70. The Kier molecular flexibility index (Phi) is 5.00. The molecule has 0 amide bonds. The van der Waals surface area contributed by atoms with E-state index in [0.29, 0.717) is 5.92 Å². The summed E-state index contributed by atoms with van der Waals surface area (Å²) in [5, 5.41) is 1.95. The third kappa shape index (κ3) is 4.26. The van der Waals surface area contributed by atoms with Gasteiger partial charge in [-0.05, 0) is 67.4 Å². The van der Waals surface area contributed by atoms with Crippen LogP contribution in [0.25, 0.3) is 0 Å². The third-order valence-corrected chi connectivity index (χ3v) is 3.65. The Labute approximate surface area is 144 Å². The molecule has 0 N–H and O–H groups in total. The summed E-state index contributed by atoms with van der Waals surface area (Å²) in [5.74, 6) is 5.45. The number of aliphatic imine (C=N–C) groups is 1. The zero-order valence-corrected chi connectivity index (χ0v) is 13.5. The van der Waals surface area contributed by atoms with Crippen molar-refractivity contribution in [1.82, 2.24) is 0 Å². The van der Waals surface area contributed by atoms with Crippen LogP contribution in [-0.2, 0) is 0 Å². The van der Waals surface area contributed by atoms with Crippen LogP contribution in [0.5, 0.6) is 5.75 Å². The van der Waals surface area contributed by atoms with Crippen LogP contribution in [0.4, 0.5) is 14.5 Å². The molecule has 0 aliphatic heterocycles. The molecular formula is C19H13F2NOS. The Bertz CT molecular complexity index is 834. The largest absolute Gasteiger partial charge is 0.493 e. The number of benzene rings is 2. The number of hydrogen-bond acceptors (Lipinski definition) is 3. The van der Waals surface area contributed by atoms with Crippen molar-refractivity contribution in [3.63, 3.8) is 0 Å². The van der Waals surface area contributed by atoms with Gasteiger partial charge in [-0.3, -0.25) is 0 Å². The molecule has 0 aromatic heterocycles. The molecule has 2 nitrogen and oxygen atoms in total. The number of thiocarbonyl (C=S) groups is 1. The van der Waals surface area contributed by atoms with Gasteiger partial charge in [0, 0.05) is 11.1 Å². The smallest absolute Gasteiger partial charge is 0.153 e. The van der Waals surface area contributed by atoms with E-state index in [9.17, 15) is 8.78 Å². The van der Waals surface area contributed by atoms with E-state index in [1.165, 1.54) is 12.8 Å². The van der Waals surface area contributed by atoms with Crippen LogP contribution in [0, 0.1) is 29.4 Å². The van der Waals surface area contributed by atoms with E-state index in [-0.39, 0.29) is 5.56 Å². The molecular weight excluding hydrogens is 328 g/mol. The monoisotopic (exact) mass is 341 g/mol. The van der Waals surface area contributed by atoms with Gasteiger partial charge in [0.15, 0.2) is 11.6 Å². The van der Waals surface area contributed by atoms with Crippen molar-refractivity contribution in [2.24, 2.45) is 10.9 Å². The van der Waals surface area contributed by atoms with Gasteiger partial charge in [-0.2, -0.15) is 4.99 Å². The first-order valence-corrected chi connectivity index (χ1v) is 7.88. The third-order valence-electron chi connectivity index (χ3n) is 3.56. The molecule has 2 aromatic rings. The van der Waals surface area contributed by atoms with Crippen molar-refractivity contribution in [2.75, 3.05) is 6.61 Å². The summed E-state index contributed by atoms with van der Waals surface area (Å²) < 4.78 is 33.1. The number of hydrogen-bond donors (Lipinski definition) is 0. The molecule has 24 heavy (non-hydrogen) atoms. The van der Waals surface area contributed by atoms with Crippen LogP contribution >= 0.6 is 12.2 Å². The van der Waals surface area contributed by atoms with Crippen molar-refractivity contribution in [2.45, 2.75) is 12.8 Å². The minimum absolute atomic E-state index is 0.224.